The van der Waals surface area contributed by atoms with Crippen LogP contribution in [0.4, 0.5) is 0 Å². The van der Waals surface area contributed by atoms with Crippen LogP contribution in [0.5, 0.6) is 0 Å². The van der Waals surface area contributed by atoms with Crippen molar-refractivity contribution in [3.63, 3.8) is 0 Å². The van der Waals surface area contributed by atoms with Crippen molar-refractivity contribution in [2.75, 3.05) is 6.54 Å². The Labute approximate surface area is 135 Å². The van der Waals surface area contributed by atoms with Gasteiger partial charge >= 0.3 is 0 Å². The number of benzene rings is 1. The van der Waals surface area contributed by atoms with Crippen molar-refractivity contribution < 1.29 is 0 Å². The molecule has 1 atom stereocenters. The second-order valence-corrected chi connectivity index (χ2v) is 6.32. The smallest absolute Gasteiger partial charge is 0.0376 e. The molecule has 2 nitrogen and oxygen atoms in total. The van der Waals surface area contributed by atoms with Crippen molar-refractivity contribution in [2.24, 2.45) is 0 Å². The van der Waals surface area contributed by atoms with Crippen LogP contribution in [-0.2, 0) is 6.42 Å². The molecule has 0 saturated carbocycles. The highest BCUT2D eigenvalue weighted by Gasteiger charge is 2.11. The van der Waals surface area contributed by atoms with Crippen molar-refractivity contribution in [3.05, 3.63) is 63.0 Å². The zero-order valence-corrected chi connectivity index (χ0v) is 14.2. The molecule has 1 aromatic heterocycles. The van der Waals surface area contributed by atoms with Gasteiger partial charge in [0, 0.05) is 21.5 Å². The third-order valence-electron chi connectivity index (χ3n) is 3.33. The van der Waals surface area contributed by atoms with Gasteiger partial charge in [0.15, 0.2) is 0 Å². The van der Waals surface area contributed by atoms with E-state index < -0.39 is 0 Å². The second kappa shape index (κ2) is 7.74. The first-order valence-corrected chi connectivity index (χ1v) is 8.17. The van der Waals surface area contributed by atoms with Crippen molar-refractivity contribution in [1.29, 1.82) is 0 Å². The van der Waals surface area contributed by atoms with E-state index in [1.807, 2.05) is 13.1 Å². The summed E-state index contributed by atoms with van der Waals surface area (Å²) in [4.78, 5) is 4.42. The van der Waals surface area contributed by atoms with Gasteiger partial charge in [-0.3, -0.25) is 4.98 Å². The molecule has 0 amide bonds. The quantitative estimate of drug-likeness (QED) is 0.757. The number of aromatic nitrogens is 1. The average Bonchev–Trinajstić information content (AvgIpc) is 2.46. The fraction of sp³-hybridized carbons (Fsp3) is 0.353. The van der Waals surface area contributed by atoms with Gasteiger partial charge < -0.3 is 5.32 Å². The molecule has 0 saturated heterocycles. The van der Waals surface area contributed by atoms with Crippen LogP contribution in [0, 0.1) is 10.5 Å². The molecule has 1 N–H and O–H groups in total. The summed E-state index contributed by atoms with van der Waals surface area (Å²) in [7, 11) is 0. The molecule has 0 aliphatic carbocycles. The first-order chi connectivity index (χ1) is 9.69. The van der Waals surface area contributed by atoms with E-state index in [9.17, 15) is 0 Å². The first-order valence-electron chi connectivity index (χ1n) is 7.09. The zero-order valence-electron chi connectivity index (χ0n) is 12.1. The Bertz CT molecular complexity index is 520. The van der Waals surface area contributed by atoms with Gasteiger partial charge in [-0.15, -0.1) is 0 Å². The fourth-order valence-corrected chi connectivity index (χ4v) is 2.53. The minimum Gasteiger partial charge on any atom is -0.310 e. The zero-order chi connectivity index (χ0) is 14.4. The maximum Gasteiger partial charge on any atom is 0.0376 e. The van der Waals surface area contributed by atoms with Crippen LogP contribution >= 0.6 is 22.6 Å². The Morgan fingerprint density at radius 2 is 1.90 bits per heavy atom. The van der Waals surface area contributed by atoms with Gasteiger partial charge in [-0.2, -0.15) is 0 Å². The third-order valence-corrected chi connectivity index (χ3v) is 4.05. The van der Waals surface area contributed by atoms with Crippen LogP contribution in [0.15, 0.2) is 42.6 Å². The monoisotopic (exact) mass is 380 g/mol. The summed E-state index contributed by atoms with van der Waals surface area (Å²) < 4.78 is 1.28. The summed E-state index contributed by atoms with van der Waals surface area (Å²) in [6.45, 7) is 5.25. The molecule has 1 unspecified atom stereocenters. The number of rotatable bonds is 6. The Morgan fingerprint density at radius 3 is 2.50 bits per heavy atom. The summed E-state index contributed by atoms with van der Waals surface area (Å²) >= 11 is 2.34. The molecule has 0 aliphatic heterocycles. The van der Waals surface area contributed by atoms with E-state index in [0.717, 1.165) is 25.1 Å². The van der Waals surface area contributed by atoms with Crippen molar-refractivity contribution in [1.82, 2.24) is 10.3 Å². The lowest BCUT2D eigenvalue weighted by Crippen LogP contribution is -2.24. The molecular formula is C17H21IN2. The molecule has 0 aliphatic rings. The summed E-state index contributed by atoms with van der Waals surface area (Å²) in [5, 5.41) is 3.63. The molecule has 3 heteroatoms. The van der Waals surface area contributed by atoms with Crippen LogP contribution < -0.4 is 5.32 Å². The highest BCUT2D eigenvalue weighted by atomic mass is 127. The van der Waals surface area contributed by atoms with E-state index in [1.165, 1.54) is 14.7 Å². The molecule has 2 aromatic rings. The van der Waals surface area contributed by atoms with Crippen LogP contribution in [-0.4, -0.2) is 11.5 Å². The number of pyridine rings is 1. The first kappa shape index (κ1) is 15.4. The minimum atomic E-state index is 0.336. The van der Waals surface area contributed by atoms with Crippen molar-refractivity contribution in [3.8, 4) is 0 Å². The molecule has 0 fully saturated rings. The number of aryl methyl sites for hydroxylation is 1. The van der Waals surface area contributed by atoms with Crippen molar-refractivity contribution in [2.45, 2.75) is 32.7 Å². The van der Waals surface area contributed by atoms with Gasteiger partial charge in [-0.25, -0.2) is 0 Å². The lowest BCUT2D eigenvalue weighted by atomic mass is 10.00. The van der Waals surface area contributed by atoms with Gasteiger partial charge in [-0.05, 0) is 78.2 Å². The van der Waals surface area contributed by atoms with Crippen LogP contribution in [0.25, 0.3) is 0 Å². The highest BCUT2D eigenvalue weighted by molar-refractivity contribution is 14.1. The molecule has 1 aromatic carbocycles. The van der Waals surface area contributed by atoms with E-state index in [4.69, 9.17) is 0 Å². The largest absolute Gasteiger partial charge is 0.310 e. The van der Waals surface area contributed by atoms with E-state index >= 15 is 0 Å². The van der Waals surface area contributed by atoms with Crippen LogP contribution in [0.2, 0.25) is 0 Å². The molecule has 0 radical (unpaired) electrons. The second-order valence-electron chi connectivity index (χ2n) is 5.07. The lowest BCUT2D eigenvalue weighted by Gasteiger charge is -2.19. The third kappa shape index (κ3) is 4.56. The minimum absolute atomic E-state index is 0.336. The molecule has 0 spiro atoms. The molecule has 1 heterocycles. The maximum absolute atomic E-state index is 4.42. The normalized spacial score (nSPS) is 12.3. The summed E-state index contributed by atoms with van der Waals surface area (Å²) in [6.07, 6.45) is 4.14. The van der Waals surface area contributed by atoms with Crippen LogP contribution in [0.1, 0.15) is 36.2 Å². The fourth-order valence-electron chi connectivity index (χ4n) is 2.17. The van der Waals surface area contributed by atoms with E-state index in [2.05, 4.69) is 76.2 Å². The predicted molar refractivity (Wildman–Crippen MR) is 92.9 cm³/mol. The number of nitrogens with one attached hydrogen (secondary N) is 1. The molecular weight excluding hydrogens is 359 g/mol. The Balaban J connectivity index is 2.14. The lowest BCUT2D eigenvalue weighted by molar-refractivity contribution is 0.527. The Morgan fingerprint density at radius 1 is 1.15 bits per heavy atom. The molecule has 106 valence electrons. The van der Waals surface area contributed by atoms with E-state index in [-0.39, 0.29) is 0 Å². The van der Waals surface area contributed by atoms with Gasteiger partial charge in [-0.1, -0.05) is 25.1 Å². The molecule has 0 bridgehead atoms. The van der Waals surface area contributed by atoms with Gasteiger partial charge in [0.1, 0.15) is 0 Å². The number of nitrogens with zero attached hydrogens (tertiary/aromatic N) is 1. The van der Waals surface area contributed by atoms with Gasteiger partial charge in [0.25, 0.3) is 0 Å². The van der Waals surface area contributed by atoms with Gasteiger partial charge in [0.2, 0.25) is 0 Å². The number of hydrogen-bond acceptors (Lipinski definition) is 2. The summed E-state index contributed by atoms with van der Waals surface area (Å²) in [6, 6.07) is 13.4. The Kier molecular flexibility index (Phi) is 5.98. The standard InChI is InChI=1S/C17H21IN2/c1-3-10-19-17(15-7-4-13(2)20-12-15)11-14-5-8-16(18)9-6-14/h4-9,12,17,19H,3,10-11H2,1-2H3. The highest BCUT2D eigenvalue weighted by Crippen LogP contribution is 2.19. The van der Waals surface area contributed by atoms with E-state index in [0.29, 0.717) is 6.04 Å². The average molecular weight is 380 g/mol. The van der Waals surface area contributed by atoms with E-state index in [1.54, 1.807) is 0 Å². The van der Waals surface area contributed by atoms with Gasteiger partial charge in [0.05, 0.1) is 0 Å². The van der Waals surface area contributed by atoms with Crippen molar-refractivity contribution >= 4 is 22.6 Å². The maximum atomic E-state index is 4.42. The SMILES string of the molecule is CCCNC(Cc1ccc(I)cc1)c1ccc(C)nc1. The topological polar surface area (TPSA) is 24.9 Å². The summed E-state index contributed by atoms with van der Waals surface area (Å²) in [5.41, 5.74) is 3.69. The molecule has 20 heavy (non-hydrogen) atoms. The number of hydrogen-bond donors (Lipinski definition) is 1. The van der Waals surface area contributed by atoms with Crippen LogP contribution in [0.3, 0.4) is 0 Å². The molecule has 2 rings (SSSR count). The summed E-state index contributed by atoms with van der Waals surface area (Å²) in [5.74, 6) is 0. The Hall–Kier alpha value is -0.940. The number of halogens is 1. The predicted octanol–water partition coefficient (Wildman–Crippen LogP) is 4.28.